The lowest BCUT2D eigenvalue weighted by molar-refractivity contribution is 0.0641. The van der Waals surface area contributed by atoms with Gasteiger partial charge in [-0.3, -0.25) is 4.79 Å². The molecule has 1 amide bonds. The van der Waals surface area contributed by atoms with Gasteiger partial charge in [-0.15, -0.1) is 11.3 Å². The van der Waals surface area contributed by atoms with E-state index in [9.17, 15) is 4.79 Å². The fourth-order valence-electron chi connectivity index (χ4n) is 2.42. The fourth-order valence-corrected chi connectivity index (χ4v) is 3.41. The van der Waals surface area contributed by atoms with Crippen LogP contribution in [0.4, 0.5) is 0 Å². The second-order valence-corrected chi connectivity index (χ2v) is 6.81. The van der Waals surface area contributed by atoms with Crippen LogP contribution in [0.15, 0.2) is 22.7 Å². The Balaban J connectivity index is 1.70. The summed E-state index contributed by atoms with van der Waals surface area (Å²) >= 11 is 7.27. The number of carbonyl (C=O) groups is 1. The fraction of sp³-hybridized carbons (Fsp3) is 0.429. The zero-order valence-corrected chi connectivity index (χ0v) is 12.9. The SMILES string of the molecule is O=C(c1cc(-c2ccc(Cl)s2)on1)N1CCC(CO)CC1. The summed E-state index contributed by atoms with van der Waals surface area (Å²) < 4.78 is 5.90. The van der Waals surface area contributed by atoms with Crippen LogP contribution in [-0.2, 0) is 0 Å². The highest BCUT2D eigenvalue weighted by atomic mass is 35.5. The Hall–Kier alpha value is -1.37. The lowest BCUT2D eigenvalue weighted by atomic mass is 9.98. The molecule has 0 radical (unpaired) electrons. The molecule has 2 aromatic heterocycles. The minimum atomic E-state index is -0.121. The van der Waals surface area contributed by atoms with Crippen LogP contribution in [0.2, 0.25) is 4.34 Å². The van der Waals surface area contributed by atoms with Crippen LogP contribution >= 0.6 is 22.9 Å². The maximum absolute atomic E-state index is 12.4. The van der Waals surface area contributed by atoms with Crippen molar-refractivity contribution >= 4 is 28.8 Å². The van der Waals surface area contributed by atoms with E-state index in [1.54, 1.807) is 17.0 Å². The van der Waals surface area contributed by atoms with E-state index in [2.05, 4.69) is 5.16 Å². The van der Waals surface area contributed by atoms with Crippen LogP contribution in [0.25, 0.3) is 10.6 Å². The first-order chi connectivity index (χ1) is 10.2. The first-order valence-corrected chi connectivity index (χ1v) is 7.99. The van der Waals surface area contributed by atoms with Crippen LogP contribution in [0, 0.1) is 5.92 Å². The second-order valence-electron chi connectivity index (χ2n) is 5.10. The second kappa shape index (κ2) is 6.17. The van der Waals surface area contributed by atoms with Crippen LogP contribution in [-0.4, -0.2) is 40.8 Å². The molecule has 0 spiro atoms. The summed E-state index contributed by atoms with van der Waals surface area (Å²) in [7, 11) is 0. The van der Waals surface area contributed by atoms with E-state index >= 15 is 0 Å². The quantitative estimate of drug-likeness (QED) is 0.941. The number of halogens is 1. The van der Waals surface area contributed by atoms with E-state index < -0.39 is 0 Å². The molecule has 112 valence electrons. The zero-order valence-electron chi connectivity index (χ0n) is 11.3. The number of nitrogens with zero attached hydrogens (tertiary/aromatic N) is 2. The Morgan fingerprint density at radius 3 is 2.86 bits per heavy atom. The molecule has 0 atom stereocenters. The average Bonchev–Trinajstić information content (AvgIpc) is 3.15. The topological polar surface area (TPSA) is 66.6 Å². The Kier molecular flexibility index (Phi) is 4.28. The molecule has 0 aliphatic carbocycles. The summed E-state index contributed by atoms with van der Waals surface area (Å²) in [5.41, 5.74) is 0.317. The van der Waals surface area contributed by atoms with Gasteiger partial charge in [0.2, 0.25) is 0 Å². The highest BCUT2D eigenvalue weighted by Crippen LogP contribution is 2.31. The minimum Gasteiger partial charge on any atom is -0.396 e. The largest absolute Gasteiger partial charge is 0.396 e. The summed E-state index contributed by atoms with van der Waals surface area (Å²) in [5.74, 6) is 0.736. The molecule has 0 aromatic carbocycles. The molecule has 1 fully saturated rings. The van der Waals surface area contributed by atoms with Gasteiger partial charge in [0.1, 0.15) is 0 Å². The molecule has 0 unspecified atom stereocenters. The zero-order chi connectivity index (χ0) is 14.8. The number of thiophene rings is 1. The van der Waals surface area contributed by atoms with Crippen LogP contribution < -0.4 is 0 Å². The third-order valence-electron chi connectivity index (χ3n) is 3.71. The molecule has 1 saturated heterocycles. The summed E-state index contributed by atoms with van der Waals surface area (Å²) in [5, 5.41) is 13.0. The number of hydrogen-bond donors (Lipinski definition) is 1. The molecular formula is C14H15ClN2O3S. The number of carbonyl (C=O) groups excluding carboxylic acids is 1. The van der Waals surface area contributed by atoms with Gasteiger partial charge < -0.3 is 14.5 Å². The van der Waals surface area contributed by atoms with Gasteiger partial charge in [0, 0.05) is 25.8 Å². The van der Waals surface area contributed by atoms with Crippen molar-refractivity contribution in [3.63, 3.8) is 0 Å². The number of piperidine rings is 1. The van der Waals surface area contributed by atoms with Crippen molar-refractivity contribution in [1.82, 2.24) is 10.1 Å². The van der Waals surface area contributed by atoms with Crippen LogP contribution in [0.1, 0.15) is 23.3 Å². The molecule has 0 saturated carbocycles. The predicted octanol–water partition coefficient (Wildman–Crippen LogP) is 2.90. The standard InChI is InChI=1S/C14H15ClN2O3S/c15-13-2-1-12(21-13)11-7-10(16-20-11)14(19)17-5-3-9(8-18)4-6-17/h1-2,7,9,18H,3-6,8H2. The maximum atomic E-state index is 12.4. The third-order valence-corrected chi connectivity index (χ3v) is 4.95. The molecule has 7 heteroatoms. The highest BCUT2D eigenvalue weighted by molar-refractivity contribution is 7.19. The van der Waals surface area contributed by atoms with Crippen molar-refractivity contribution in [2.24, 2.45) is 5.92 Å². The molecule has 3 heterocycles. The van der Waals surface area contributed by atoms with Gasteiger partial charge in [0.25, 0.3) is 5.91 Å². The third kappa shape index (κ3) is 3.12. The van der Waals surface area contributed by atoms with Gasteiger partial charge in [0.15, 0.2) is 11.5 Å². The normalized spacial score (nSPS) is 16.4. The molecule has 21 heavy (non-hydrogen) atoms. The average molecular weight is 327 g/mol. The first-order valence-electron chi connectivity index (χ1n) is 6.80. The van der Waals surface area contributed by atoms with Gasteiger partial charge in [-0.2, -0.15) is 0 Å². The van der Waals surface area contributed by atoms with E-state index in [4.69, 9.17) is 21.2 Å². The number of aromatic nitrogens is 1. The first kappa shape index (κ1) is 14.6. The van der Waals surface area contributed by atoms with E-state index in [0.29, 0.717) is 34.8 Å². The number of hydrogen-bond acceptors (Lipinski definition) is 5. The minimum absolute atomic E-state index is 0.121. The number of likely N-dealkylation sites (tertiary alicyclic amines) is 1. The smallest absolute Gasteiger partial charge is 0.276 e. The van der Waals surface area contributed by atoms with Crippen molar-refractivity contribution < 1.29 is 14.4 Å². The van der Waals surface area contributed by atoms with Crippen LogP contribution in [0.3, 0.4) is 0 Å². The van der Waals surface area contributed by atoms with Crippen molar-refractivity contribution in [2.75, 3.05) is 19.7 Å². The predicted molar refractivity (Wildman–Crippen MR) is 80.5 cm³/mol. The molecule has 1 aliphatic heterocycles. The van der Waals surface area contributed by atoms with Crippen molar-refractivity contribution in [3.8, 4) is 10.6 Å². The molecule has 5 nitrogen and oxygen atoms in total. The van der Waals surface area contributed by atoms with E-state index in [1.807, 2.05) is 6.07 Å². The Labute approximate surface area is 131 Å². The summed E-state index contributed by atoms with van der Waals surface area (Å²) in [6, 6.07) is 5.28. The van der Waals surface area contributed by atoms with Crippen molar-refractivity contribution in [3.05, 3.63) is 28.2 Å². The van der Waals surface area contributed by atoms with E-state index in [0.717, 1.165) is 17.7 Å². The Morgan fingerprint density at radius 1 is 1.48 bits per heavy atom. The molecular weight excluding hydrogens is 312 g/mol. The molecule has 1 N–H and O–H groups in total. The van der Waals surface area contributed by atoms with Gasteiger partial charge in [-0.05, 0) is 30.9 Å². The number of aliphatic hydroxyl groups excluding tert-OH is 1. The van der Waals surface area contributed by atoms with E-state index in [1.165, 1.54) is 11.3 Å². The Bertz CT molecular complexity index is 632. The van der Waals surface area contributed by atoms with E-state index in [-0.39, 0.29) is 12.5 Å². The Morgan fingerprint density at radius 2 is 2.24 bits per heavy atom. The van der Waals surface area contributed by atoms with Crippen molar-refractivity contribution in [1.29, 1.82) is 0 Å². The molecule has 1 aliphatic rings. The van der Waals surface area contributed by atoms with Gasteiger partial charge in [0.05, 0.1) is 9.21 Å². The maximum Gasteiger partial charge on any atom is 0.276 e. The molecule has 0 bridgehead atoms. The summed E-state index contributed by atoms with van der Waals surface area (Å²) in [4.78, 5) is 15.0. The monoisotopic (exact) mass is 326 g/mol. The molecule has 3 rings (SSSR count). The highest BCUT2D eigenvalue weighted by Gasteiger charge is 2.25. The summed E-state index contributed by atoms with van der Waals surface area (Å²) in [6.07, 6.45) is 1.65. The van der Waals surface area contributed by atoms with Gasteiger partial charge in [-0.1, -0.05) is 16.8 Å². The van der Waals surface area contributed by atoms with Crippen LogP contribution in [0.5, 0.6) is 0 Å². The van der Waals surface area contributed by atoms with Gasteiger partial charge >= 0.3 is 0 Å². The number of rotatable bonds is 3. The summed E-state index contributed by atoms with van der Waals surface area (Å²) in [6.45, 7) is 1.49. The number of amides is 1. The lowest BCUT2D eigenvalue weighted by Crippen LogP contribution is -2.39. The van der Waals surface area contributed by atoms with Gasteiger partial charge in [-0.25, -0.2) is 0 Å². The molecule has 2 aromatic rings. The number of aliphatic hydroxyl groups is 1. The lowest BCUT2D eigenvalue weighted by Gasteiger charge is -2.30. The van der Waals surface area contributed by atoms with Crippen molar-refractivity contribution in [2.45, 2.75) is 12.8 Å².